The number of ether oxygens (including phenoxy) is 1. The Balaban J connectivity index is 1.50. The first-order valence-corrected chi connectivity index (χ1v) is 8.23. The molecule has 2 nitrogen and oxygen atoms in total. The molecule has 0 bridgehead atoms. The third kappa shape index (κ3) is 4.67. The summed E-state index contributed by atoms with van der Waals surface area (Å²) in [6, 6.07) is 17.5. The molecule has 1 aliphatic carbocycles. The molecule has 1 fully saturated rings. The maximum Gasteiger partial charge on any atom is 0.0732 e. The van der Waals surface area contributed by atoms with Crippen LogP contribution in [-0.2, 0) is 24.5 Å². The summed E-state index contributed by atoms with van der Waals surface area (Å²) in [6.45, 7) is 2.23. The van der Waals surface area contributed by atoms with Crippen molar-refractivity contribution in [2.45, 2.75) is 38.6 Å². The Bertz CT molecular complexity index is 581. The van der Waals surface area contributed by atoms with Crippen molar-refractivity contribution in [1.82, 2.24) is 5.32 Å². The summed E-state index contributed by atoms with van der Waals surface area (Å²) in [7, 11) is 0. The first kappa shape index (κ1) is 14.8. The lowest BCUT2D eigenvalue weighted by Crippen LogP contribution is -2.15. The van der Waals surface area contributed by atoms with Gasteiger partial charge in [0.1, 0.15) is 0 Å². The molecule has 1 saturated carbocycles. The van der Waals surface area contributed by atoms with Gasteiger partial charge in [0, 0.05) is 17.1 Å². The van der Waals surface area contributed by atoms with E-state index in [1.165, 1.54) is 29.5 Å². The van der Waals surface area contributed by atoms with Crippen molar-refractivity contribution in [3.63, 3.8) is 0 Å². The predicted octanol–water partition coefficient (Wildman–Crippen LogP) is 4.42. The lowest BCUT2D eigenvalue weighted by Gasteiger charge is -2.09. The van der Waals surface area contributed by atoms with E-state index in [0.29, 0.717) is 13.2 Å². The molecule has 2 aromatic carbocycles. The highest BCUT2D eigenvalue weighted by atomic mass is 79.9. The Morgan fingerprint density at radius 3 is 2.52 bits per heavy atom. The predicted molar refractivity (Wildman–Crippen MR) is 88.9 cm³/mol. The fraction of sp³-hybridized carbons (Fsp3) is 0.333. The molecular weight excluding hydrogens is 326 g/mol. The monoisotopic (exact) mass is 345 g/mol. The van der Waals surface area contributed by atoms with Gasteiger partial charge in [0.05, 0.1) is 13.2 Å². The fourth-order valence-corrected chi connectivity index (χ4v) is 2.76. The molecule has 0 heterocycles. The molecule has 3 rings (SSSR count). The second-order valence-corrected chi connectivity index (χ2v) is 6.41. The second-order valence-electron chi connectivity index (χ2n) is 5.56. The highest BCUT2D eigenvalue weighted by Gasteiger charge is 2.19. The van der Waals surface area contributed by atoms with Gasteiger partial charge in [-0.1, -0.05) is 58.4 Å². The molecule has 3 heteroatoms. The van der Waals surface area contributed by atoms with Gasteiger partial charge in [-0.15, -0.1) is 0 Å². The van der Waals surface area contributed by atoms with Crippen LogP contribution in [0.2, 0.25) is 0 Å². The molecular formula is C18H20BrNO. The van der Waals surface area contributed by atoms with Crippen molar-refractivity contribution >= 4 is 15.9 Å². The van der Waals surface area contributed by atoms with E-state index in [9.17, 15) is 0 Å². The number of halogens is 1. The van der Waals surface area contributed by atoms with Crippen molar-refractivity contribution in [2.24, 2.45) is 0 Å². The van der Waals surface area contributed by atoms with Crippen LogP contribution < -0.4 is 5.32 Å². The minimum absolute atomic E-state index is 0.631. The molecule has 0 unspecified atom stereocenters. The zero-order valence-electron chi connectivity index (χ0n) is 12.0. The summed E-state index contributed by atoms with van der Waals surface area (Å²) in [5.74, 6) is 0. The summed E-state index contributed by atoms with van der Waals surface area (Å²) in [6.07, 6.45) is 2.65. The van der Waals surface area contributed by atoms with Gasteiger partial charge in [-0.2, -0.15) is 0 Å². The zero-order valence-corrected chi connectivity index (χ0v) is 13.6. The number of nitrogens with one attached hydrogen (secondary N) is 1. The van der Waals surface area contributed by atoms with Crippen LogP contribution in [0.4, 0.5) is 0 Å². The van der Waals surface area contributed by atoms with E-state index in [0.717, 1.165) is 17.1 Å². The third-order valence-corrected chi connectivity index (χ3v) is 4.40. The Morgan fingerprint density at radius 2 is 1.81 bits per heavy atom. The van der Waals surface area contributed by atoms with Crippen LogP contribution in [-0.4, -0.2) is 6.04 Å². The smallest absolute Gasteiger partial charge is 0.0732 e. The Kier molecular flexibility index (Phi) is 5.07. The normalized spacial score (nSPS) is 14.3. The molecule has 0 saturated heterocycles. The maximum absolute atomic E-state index is 5.79. The quantitative estimate of drug-likeness (QED) is 0.801. The van der Waals surface area contributed by atoms with E-state index in [-0.39, 0.29) is 0 Å². The summed E-state index contributed by atoms with van der Waals surface area (Å²) in [4.78, 5) is 0. The van der Waals surface area contributed by atoms with E-state index in [1.807, 2.05) is 18.2 Å². The van der Waals surface area contributed by atoms with Gasteiger partial charge >= 0.3 is 0 Å². The van der Waals surface area contributed by atoms with Crippen molar-refractivity contribution in [1.29, 1.82) is 0 Å². The van der Waals surface area contributed by atoms with Crippen LogP contribution in [0.3, 0.4) is 0 Å². The van der Waals surface area contributed by atoms with Gasteiger partial charge < -0.3 is 10.1 Å². The Morgan fingerprint density at radius 1 is 1.00 bits per heavy atom. The average Bonchev–Trinajstić information content (AvgIpc) is 3.32. The van der Waals surface area contributed by atoms with Gasteiger partial charge in [0.15, 0.2) is 0 Å². The standard InChI is InChI=1S/C18H20BrNO/c19-18-10-15(11-20-17-8-9-17)6-7-16(18)13-21-12-14-4-2-1-3-5-14/h1-7,10,17,20H,8-9,11-13H2. The zero-order chi connectivity index (χ0) is 14.5. The molecule has 0 radical (unpaired) electrons. The SMILES string of the molecule is Brc1cc(CNC2CC2)ccc1COCc1ccccc1. The van der Waals surface area contributed by atoms with E-state index < -0.39 is 0 Å². The van der Waals surface area contributed by atoms with Crippen molar-refractivity contribution < 1.29 is 4.74 Å². The Hall–Kier alpha value is -1.16. The van der Waals surface area contributed by atoms with Gasteiger partial charge in [0.25, 0.3) is 0 Å². The topological polar surface area (TPSA) is 21.3 Å². The van der Waals surface area contributed by atoms with E-state index in [4.69, 9.17) is 4.74 Å². The minimum Gasteiger partial charge on any atom is -0.372 e. The maximum atomic E-state index is 5.79. The van der Waals surface area contributed by atoms with E-state index in [1.54, 1.807) is 0 Å². The molecule has 0 amide bonds. The third-order valence-electron chi connectivity index (χ3n) is 3.66. The van der Waals surface area contributed by atoms with Gasteiger partial charge in [-0.25, -0.2) is 0 Å². The molecule has 0 atom stereocenters. The number of hydrogen-bond acceptors (Lipinski definition) is 2. The Labute approximate surface area is 134 Å². The number of benzene rings is 2. The summed E-state index contributed by atoms with van der Waals surface area (Å²) in [5, 5.41) is 3.53. The number of hydrogen-bond donors (Lipinski definition) is 1. The highest BCUT2D eigenvalue weighted by Crippen LogP contribution is 2.22. The fourth-order valence-electron chi connectivity index (χ4n) is 2.22. The summed E-state index contributed by atoms with van der Waals surface area (Å²) < 4.78 is 6.92. The average molecular weight is 346 g/mol. The van der Waals surface area contributed by atoms with Gasteiger partial charge in [-0.3, -0.25) is 0 Å². The van der Waals surface area contributed by atoms with Crippen LogP contribution in [0.15, 0.2) is 53.0 Å². The summed E-state index contributed by atoms with van der Waals surface area (Å²) in [5.41, 5.74) is 3.72. The van der Waals surface area contributed by atoms with Crippen LogP contribution in [0.25, 0.3) is 0 Å². The lowest BCUT2D eigenvalue weighted by molar-refractivity contribution is 0.107. The molecule has 110 valence electrons. The van der Waals surface area contributed by atoms with Gasteiger partial charge in [0.2, 0.25) is 0 Å². The molecule has 0 aliphatic heterocycles. The van der Waals surface area contributed by atoms with E-state index in [2.05, 4.69) is 51.6 Å². The number of rotatable bonds is 7. The molecule has 21 heavy (non-hydrogen) atoms. The van der Waals surface area contributed by atoms with Gasteiger partial charge in [-0.05, 0) is 35.6 Å². The largest absolute Gasteiger partial charge is 0.372 e. The highest BCUT2D eigenvalue weighted by molar-refractivity contribution is 9.10. The molecule has 1 N–H and O–H groups in total. The summed E-state index contributed by atoms with van der Waals surface area (Å²) >= 11 is 3.65. The first-order chi connectivity index (χ1) is 10.3. The van der Waals surface area contributed by atoms with Crippen LogP contribution >= 0.6 is 15.9 Å². The molecule has 2 aromatic rings. The van der Waals surface area contributed by atoms with Crippen LogP contribution in [0.5, 0.6) is 0 Å². The van der Waals surface area contributed by atoms with E-state index >= 15 is 0 Å². The van der Waals surface area contributed by atoms with Crippen LogP contribution in [0, 0.1) is 0 Å². The van der Waals surface area contributed by atoms with Crippen molar-refractivity contribution in [3.05, 3.63) is 69.7 Å². The molecule has 0 aromatic heterocycles. The molecule has 1 aliphatic rings. The minimum atomic E-state index is 0.631. The molecule has 0 spiro atoms. The second kappa shape index (κ2) is 7.21. The lowest BCUT2D eigenvalue weighted by atomic mass is 10.1. The van der Waals surface area contributed by atoms with Crippen molar-refractivity contribution in [2.75, 3.05) is 0 Å². The van der Waals surface area contributed by atoms with Crippen LogP contribution in [0.1, 0.15) is 29.5 Å². The van der Waals surface area contributed by atoms with Crippen molar-refractivity contribution in [3.8, 4) is 0 Å². The first-order valence-electron chi connectivity index (χ1n) is 7.43.